The van der Waals surface area contributed by atoms with E-state index in [9.17, 15) is 9.65 Å². The highest BCUT2D eigenvalue weighted by Gasteiger charge is 2.21. The molecular weight excluding hydrogens is 393 g/mol. The van der Waals surface area contributed by atoms with E-state index in [2.05, 4.69) is 27.0 Å². The molecule has 0 saturated carbocycles. The number of nitrogens with zero attached hydrogens (tertiary/aromatic N) is 5. The summed E-state index contributed by atoms with van der Waals surface area (Å²) < 4.78 is 14.5. The van der Waals surface area contributed by atoms with Crippen molar-refractivity contribution in [3.8, 4) is 17.6 Å². The number of aliphatic hydroxyl groups is 1. The minimum absolute atomic E-state index is 0.0738. The zero-order valence-corrected chi connectivity index (χ0v) is 16.5. The average molecular weight is 415 g/mol. The number of pyridine rings is 1. The second-order valence-corrected chi connectivity index (χ2v) is 6.01. The SMILES string of the molecule is C=NOOc1cc(F)c(N2CCCC2)cc1O/N=C(\C#N)Cc1cccnc1.CO. The van der Waals surface area contributed by atoms with E-state index in [-0.39, 0.29) is 23.6 Å². The van der Waals surface area contributed by atoms with Crippen molar-refractivity contribution in [1.29, 1.82) is 5.26 Å². The lowest BCUT2D eigenvalue weighted by Gasteiger charge is -2.19. The smallest absolute Gasteiger partial charge is 0.229 e. The zero-order chi connectivity index (χ0) is 21.8. The van der Waals surface area contributed by atoms with Crippen molar-refractivity contribution >= 4 is 18.1 Å². The summed E-state index contributed by atoms with van der Waals surface area (Å²) in [4.78, 5) is 20.6. The minimum Gasteiger partial charge on any atom is -0.400 e. The number of anilines is 1. The molecule has 1 saturated heterocycles. The Kier molecular flexibility index (Phi) is 9.02. The molecule has 3 rings (SSSR count). The molecule has 1 aromatic carbocycles. The van der Waals surface area contributed by atoms with Crippen LogP contribution in [0.25, 0.3) is 0 Å². The summed E-state index contributed by atoms with van der Waals surface area (Å²) >= 11 is 0. The van der Waals surface area contributed by atoms with Crippen LogP contribution in [0.1, 0.15) is 18.4 Å². The van der Waals surface area contributed by atoms with Crippen molar-refractivity contribution in [1.82, 2.24) is 4.98 Å². The molecule has 0 spiro atoms. The lowest BCUT2D eigenvalue weighted by atomic mass is 10.1. The first-order chi connectivity index (χ1) is 14.7. The summed E-state index contributed by atoms with van der Waals surface area (Å²) in [6.45, 7) is 4.62. The Balaban J connectivity index is 0.00000155. The summed E-state index contributed by atoms with van der Waals surface area (Å²) in [7, 11) is 1.00. The van der Waals surface area contributed by atoms with Gasteiger partial charge in [0.1, 0.15) is 6.07 Å². The van der Waals surface area contributed by atoms with Gasteiger partial charge in [0.25, 0.3) is 0 Å². The van der Waals surface area contributed by atoms with Crippen molar-refractivity contribution < 1.29 is 24.2 Å². The van der Waals surface area contributed by atoms with E-state index < -0.39 is 5.82 Å². The van der Waals surface area contributed by atoms with Gasteiger partial charge < -0.3 is 14.8 Å². The van der Waals surface area contributed by atoms with Crippen molar-refractivity contribution in [3.05, 3.63) is 48.0 Å². The lowest BCUT2D eigenvalue weighted by molar-refractivity contribution is -0.207. The maximum atomic E-state index is 14.5. The van der Waals surface area contributed by atoms with Gasteiger partial charge in [-0.3, -0.25) is 9.87 Å². The van der Waals surface area contributed by atoms with Gasteiger partial charge in [-0.25, -0.2) is 4.39 Å². The maximum Gasteiger partial charge on any atom is 0.229 e. The maximum absolute atomic E-state index is 14.5. The third-order valence-electron chi connectivity index (χ3n) is 4.12. The first kappa shape index (κ1) is 22.6. The normalized spacial score (nSPS) is 13.0. The summed E-state index contributed by atoms with van der Waals surface area (Å²) in [5.41, 5.74) is 1.29. The quantitative estimate of drug-likeness (QED) is 0.401. The van der Waals surface area contributed by atoms with Crippen LogP contribution in [0.15, 0.2) is 47.0 Å². The van der Waals surface area contributed by atoms with E-state index in [1.807, 2.05) is 17.0 Å². The molecule has 1 N–H and O–H groups in total. The van der Waals surface area contributed by atoms with Crippen LogP contribution in [0, 0.1) is 17.1 Å². The Hall–Kier alpha value is -3.71. The molecule has 158 valence electrons. The predicted molar refractivity (Wildman–Crippen MR) is 109 cm³/mol. The van der Waals surface area contributed by atoms with E-state index in [0.717, 1.165) is 44.7 Å². The van der Waals surface area contributed by atoms with Gasteiger partial charge in [0.2, 0.25) is 11.5 Å². The van der Waals surface area contributed by atoms with E-state index in [0.29, 0.717) is 5.69 Å². The largest absolute Gasteiger partial charge is 0.400 e. The summed E-state index contributed by atoms with van der Waals surface area (Å²) in [5, 5.41) is 23.3. The number of aliphatic hydroxyl groups excluding tert-OH is 1. The number of halogens is 1. The van der Waals surface area contributed by atoms with Crippen molar-refractivity contribution in [2.75, 3.05) is 25.1 Å². The first-order valence-electron chi connectivity index (χ1n) is 9.07. The van der Waals surface area contributed by atoms with Crippen molar-refractivity contribution in [2.45, 2.75) is 19.3 Å². The molecule has 1 aromatic heterocycles. The number of aromatic nitrogens is 1. The van der Waals surface area contributed by atoms with Crippen LogP contribution in [0.2, 0.25) is 0 Å². The van der Waals surface area contributed by atoms with Gasteiger partial charge in [0.15, 0.2) is 11.5 Å². The van der Waals surface area contributed by atoms with Crippen molar-refractivity contribution in [2.24, 2.45) is 10.3 Å². The fourth-order valence-corrected chi connectivity index (χ4v) is 2.82. The van der Waals surface area contributed by atoms with Crippen LogP contribution in [-0.2, 0) is 11.4 Å². The monoisotopic (exact) mass is 415 g/mol. The van der Waals surface area contributed by atoms with E-state index in [1.165, 1.54) is 6.07 Å². The third kappa shape index (κ3) is 6.15. The highest BCUT2D eigenvalue weighted by atomic mass is 19.1. The number of benzene rings is 1. The summed E-state index contributed by atoms with van der Waals surface area (Å²) in [6.07, 6.45) is 5.48. The van der Waals surface area contributed by atoms with Gasteiger partial charge in [-0.2, -0.15) is 10.3 Å². The lowest BCUT2D eigenvalue weighted by Crippen LogP contribution is -2.19. The molecule has 0 amide bonds. The van der Waals surface area contributed by atoms with E-state index in [1.54, 1.807) is 18.5 Å². The molecule has 10 heteroatoms. The Labute approximate surface area is 173 Å². The standard InChI is InChI=1S/C19H18FN5O3.CH4O/c1-22-28-27-19-10-16(20)17(25-7-2-3-8-25)11-18(19)26-24-15(12-21)9-14-5-4-6-23-13-14;1-2/h4-6,10-11,13H,1-3,7-9H2;2H,1H3/b24-15-;. The molecule has 0 unspecified atom stereocenters. The van der Waals surface area contributed by atoms with Crippen LogP contribution in [-0.4, -0.2) is 42.7 Å². The average Bonchev–Trinajstić information content (AvgIpc) is 3.32. The van der Waals surface area contributed by atoms with Crippen LogP contribution >= 0.6 is 0 Å². The highest BCUT2D eigenvalue weighted by Crippen LogP contribution is 2.36. The van der Waals surface area contributed by atoms with Gasteiger partial charge in [-0.05, 0) is 29.6 Å². The number of oxime groups is 2. The Morgan fingerprint density at radius 2 is 2.10 bits per heavy atom. The van der Waals surface area contributed by atoms with E-state index in [4.69, 9.17) is 14.8 Å². The molecule has 2 heterocycles. The number of hydrogen-bond donors (Lipinski definition) is 1. The second-order valence-electron chi connectivity index (χ2n) is 6.01. The number of rotatable bonds is 8. The molecule has 9 nitrogen and oxygen atoms in total. The van der Waals surface area contributed by atoms with Gasteiger partial charge in [0.05, 0.1) is 5.69 Å². The van der Waals surface area contributed by atoms with Crippen LogP contribution in [0.3, 0.4) is 0 Å². The predicted octanol–water partition coefficient (Wildman–Crippen LogP) is 2.86. The van der Waals surface area contributed by atoms with Crippen LogP contribution < -0.4 is 14.6 Å². The summed E-state index contributed by atoms with van der Waals surface area (Å²) in [5.74, 6) is -0.474. The van der Waals surface area contributed by atoms with Crippen molar-refractivity contribution in [3.63, 3.8) is 0 Å². The number of nitriles is 1. The van der Waals surface area contributed by atoms with Gasteiger partial charge in [0, 0.05) is 57.9 Å². The van der Waals surface area contributed by atoms with Gasteiger partial charge in [-0.1, -0.05) is 11.2 Å². The molecule has 1 aliphatic heterocycles. The molecule has 30 heavy (non-hydrogen) atoms. The van der Waals surface area contributed by atoms with E-state index >= 15 is 0 Å². The minimum atomic E-state index is -0.489. The molecule has 1 aliphatic rings. The number of hydrogen-bond acceptors (Lipinski definition) is 9. The molecule has 2 aromatic rings. The van der Waals surface area contributed by atoms with Crippen LogP contribution in [0.4, 0.5) is 10.1 Å². The molecule has 1 fully saturated rings. The molecular formula is C20H22FN5O4. The molecule has 0 bridgehead atoms. The zero-order valence-electron chi connectivity index (χ0n) is 16.5. The summed E-state index contributed by atoms with van der Waals surface area (Å²) in [6, 6.07) is 8.15. The van der Waals surface area contributed by atoms with Gasteiger partial charge >= 0.3 is 0 Å². The molecule has 0 atom stereocenters. The topological polar surface area (TPSA) is 113 Å². The second kappa shape index (κ2) is 12.0. The fraction of sp³-hybridized carbons (Fsp3) is 0.300. The highest BCUT2D eigenvalue weighted by molar-refractivity contribution is 5.99. The Bertz CT molecular complexity index is 896. The first-order valence-corrected chi connectivity index (χ1v) is 9.07. The Morgan fingerprint density at radius 1 is 1.33 bits per heavy atom. The third-order valence-corrected chi connectivity index (χ3v) is 4.12. The fourth-order valence-electron chi connectivity index (χ4n) is 2.82. The Morgan fingerprint density at radius 3 is 2.73 bits per heavy atom. The molecule has 0 radical (unpaired) electrons. The molecule has 0 aliphatic carbocycles. The van der Waals surface area contributed by atoms with Gasteiger partial charge in [-0.15, -0.1) is 0 Å². The van der Waals surface area contributed by atoms with Crippen LogP contribution in [0.5, 0.6) is 11.5 Å².